The third-order valence-corrected chi connectivity index (χ3v) is 3.60. The number of anilines is 1. The summed E-state index contributed by atoms with van der Waals surface area (Å²) in [7, 11) is 1.75. The van der Waals surface area contributed by atoms with E-state index < -0.39 is 0 Å². The molecule has 0 aromatic heterocycles. The molecule has 0 saturated carbocycles. The van der Waals surface area contributed by atoms with Crippen molar-refractivity contribution in [1.82, 2.24) is 5.32 Å². The SMILES string of the molecule is CC[NH+](CC)CCOC(=O)c1ccc(NC(=S)NC)cc1. The van der Waals surface area contributed by atoms with Crippen LogP contribution in [0.3, 0.4) is 0 Å². The van der Waals surface area contributed by atoms with Gasteiger partial charge in [0.25, 0.3) is 0 Å². The lowest BCUT2D eigenvalue weighted by atomic mass is 10.2. The molecule has 116 valence electrons. The molecular weight excluding hydrogens is 286 g/mol. The summed E-state index contributed by atoms with van der Waals surface area (Å²) in [5, 5.41) is 6.36. The fourth-order valence-corrected chi connectivity index (χ4v) is 1.98. The molecule has 1 rings (SSSR count). The van der Waals surface area contributed by atoms with Gasteiger partial charge in [0.2, 0.25) is 0 Å². The van der Waals surface area contributed by atoms with E-state index >= 15 is 0 Å². The Morgan fingerprint density at radius 2 is 1.86 bits per heavy atom. The number of nitrogens with one attached hydrogen (secondary N) is 3. The highest BCUT2D eigenvalue weighted by Gasteiger charge is 2.09. The molecular formula is C15H24N3O2S+. The highest BCUT2D eigenvalue weighted by atomic mass is 32.1. The van der Waals surface area contributed by atoms with Gasteiger partial charge in [-0.05, 0) is 50.3 Å². The highest BCUT2D eigenvalue weighted by molar-refractivity contribution is 7.80. The van der Waals surface area contributed by atoms with Gasteiger partial charge in [-0.1, -0.05) is 0 Å². The van der Waals surface area contributed by atoms with Crippen molar-refractivity contribution >= 4 is 29.0 Å². The van der Waals surface area contributed by atoms with Crippen LogP contribution in [-0.2, 0) is 4.74 Å². The number of thiocarbonyl (C=S) groups is 1. The van der Waals surface area contributed by atoms with Crippen LogP contribution >= 0.6 is 12.2 Å². The zero-order valence-electron chi connectivity index (χ0n) is 12.9. The fraction of sp³-hybridized carbons (Fsp3) is 0.467. The number of benzene rings is 1. The summed E-state index contributed by atoms with van der Waals surface area (Å²) in [6.45, 7) is 7.62. The van der Waals surface area contributed by atoms with Crippen molar-refractivity contribution in [3.05, 3.63) is 29.8 Å². The van der Waals surface area contributed by atoms with Crippen LogP contribution in [-0.4, -0.2) is 44.4 Å². The van der Waals surface area contributed by atoms with Crippen LogP contribution in [0.15, 0.2) is 24.3 Å². The number of hydrogen-bond donors (Lipinski definition) is 3. The minimum atomic E-state index is -0.288. The lowest BCUT2D eigenvalue weighted by molar-refractivity contribution is -0.896. The summed E-state index contributed by atoms with van der Waals surface area (Å²) in [5.74, 6) is -0.288. The lowest BCUT2D eigenvalue weighted by Gasteiger charge is -2.15. The molecule has 1 aromatic rings. The van der Waals surface area contributed by atoms with Gasteiger partial charge in [0.05, 0.1) is 18.7 Å². The molecule has 0 bridgehead atoms. The topological polar surface area (TPSA) is 54.8 Å². The van der Waals surface area contributed by atoms with Gasteiger partial charge < -0.3 is 20.3 Å². The molecule has 5 nitrogen and oxygen atoms in total. The molecule has 1 aromatic carbocycles. The molecule has 0 spiro atoms. The molecule has 0 amide bonds. The zero-order chi connectivity index (χ0) is 15.7. The van der Waals surface area contributed by atoms with E-state index in [1.807, 2.05) is 0 Å². The van der Waals surface area contributed by atoms with Crippen molar-refractivity contribution in [1.29, 1.82) is 0 Å². The maximum absolute atomic E-state index is 11.9. The molecule has 0 atom stereocenters. The maximum atomic E-state index is 11.9. The fourth-order valence-electron chi connectivity index (χ4n) is 1.86. The maximum Gasteiger partial charge on any atom is 0.338 e. The third kappa shape index (κ3) is 6.10. The zero-order valence-corrected chi connectivity index (χ0v) is 13.7. The Kier molecular flexibility index (Phi) is 7.71. The van der Waals surface area contributed by atoms with Crippen molar-refractivity contribution in [2.75, 3.05) is 38.6 Å². The average Bonchev–Trinajstić information content (AvgIpc) is 2.52. The molecule has 0 fully saturated rings. The van der Waals surface area contributed by atoms with Crippen molar-refractivity contribution in [2.45, 2.75) is 13.8 Å². The van der Waals surface area contributed by atoms with Crippen LogP contribution in [0.4, 0.5) is 5.69 Å². The normalized spacial score (nSPS) is 10.3. The Morgan fingerprint density at radius 3 is 2.38 bits per heavy atom. The second-order valence-electron chi connectivity index (χ2n) is 4.62. The van der Waals surface area contributed by atoms with Crippen LogP contribution in [0.2, 0.25) is 0 Å². The van der Waals surface area contributed by atoms with Crippen LogP contribution in [0.25, 0.3) is 0 Å². The van der Waals surface area contributed by atoms with E-state index in [1.54, 1.807) is 31.3 Å². The van der Waals surface area contributed by atoms with Crippen molar-refractivity contribution in [3.63, 3.8) is 0 Å². The second-order valence-corrected chi connectivity index (χ2v) is 5.03. The lowest BCUT2D eigenvalue weighted by Crippen LogP contribution is -3.11. The number of carbonyl (C=O) groups is 1. The number of carbonyl (C=O) groups excluding carboxylic acids is 1. The Bertz CT molecular complexity index is 458. The standard InChI is InChI=1S/C15H23N3O2S/c1-4-18(5-2)10-11-20-14(19)12-6-8-13(9-7-12)17-15(21)16-3/h6-9H,4-5,10-11H2,1-3H3,(H2,16,17,21)/p+1. The molecule has 6 heteroatoms. The minimum absolute atomic E-state index is 0.288. The number of ether oxygens (including phenoxy) is 1. The Balaban J connectivity index is 2.46. The third-order valence-electron chi connectivity index (χ3n) is 3.29. The summed E-state index contributed by atoms with van der Waals surface area (Å²) in [5.41, 5.74) is 1.38. The van der Waals surface area contributed by atoms with E-state index in [-0.39, 0.29) is 5.97 Å². The van der Waals surface area contributed by atoms with Gasteiger partial charge in [0, 0.05) is 12.7 Å². The van der Waals surface area contributed by atoms with E-state index in [4.69, 9.17) is 17.0 Å². The van der Waals surface area contributed by atoms with Crippen LogP contribution < -0.4 is 15.5 Å². The summed E-state index contributed by atoms with van der Waals surface area (Å²) in [4.78, 5) is 13.3. The molecule has 0 radical (unpaired) electrons. The van der Waals surface area contributed by atoms with Crippen LogP contribution in [0.5, 0.6) is 0 Å². The van der Waals surface area contributed by atoms with Gasteiger partial charge in [-0.25, -0.2) is 4.79 Å². The number of likely N-dealkylation sites (N-methyl/N-ethyl adjacent to an activating group) is 1. The van der Waals surface area contributed by atoms with Crippen LogP contribution in [0.1, 0.15) is 24.2 Å². The van der Waals surface area contributed by atoms with Gasteiger partial charge >= 0.3 is 5.97 Å². The summed E-state index contributed by atoms with van der Waals surface area (Å²) in [6.07, 6.45) is 0. The monoisotopic (exact) mass is 310 g/mol. The first-order valence-corrected chi connectivity index (χ1v) is 7.61. The Labute approximate surface area is 131 Å². The van der Waals surface area contributed by atoms with Gasteiger partial charge in [-0.2, -0.15) is 0 Å². The molecule has 0 saturated heterocycles. The second kappa shape index (κ2) is 9.31. The highest BCUT2D eigenvalue weighted by Crippen LogP contribution is 2.10. The summed E-state index contributed by atoms with van der Waals surface area (Å²) < 4.78 is 5.29. The van der Waals surface area contributed by atoms with E-state index in [0.29, 0.717) is 17.3 Å². The number of hydrogen-bond acceptors (Lipinski definition) is 3. The molecule has 21 heavy (non-hydrogen) atoms. The van der Waals surface area contributed by atoms with Crippen molar-refractivity contribution in [2.24, 2.45) is 0 Å². The molecule has 0 aliphatic carbocycles. The minimum Gasteiger partial charge on any atom is -0.456 e. The first-order valence-electron chi connectivity index (χ1n) is 7.20. The molecule has 0 unspecified atom stereocenters. The summed E-state index contributed by atoms with van der Waals surface area (Å²) >= 11 is 5.01. The van der Waals surface area contributed by atoms with Gasteiger partial charge in [-0.3, -0.25) is 0 Å². The van der Waals surface area contributed by atoms with Crippen molar-refractivity contribution in [3.8, 4) is 0 Å². The van der Waals surface area contributed by atoms with Gasteiger partial charge in [0.1, 0.15) is 13.2 Å². The molecule has 0 aliphatic heterocycles. The van der Waals surface area contributed by atoms with E-state index in [2.05, 4.69) is 24.5 Å². The average molecular weight is 310 g/mol. The van der Waals surface area contributed by atoms with E-state index in [1.165, 1.54) is 4.90 Å². The quantitative estimate of drug-likeness (QED) is 0.511. The van der Waals surface area contributed by atoms with Crippen molar-refractivity contribution < 1.29 is 14.4 Å². The smallest absolute Gasteiger partial charge is 0.338 e. The first-order chi connectivity index (χ1) is 10.1. The van der Waals surface area contributed by atoms with Gasteiger partial charge in [0.15, 0.2) is 5.11 Å². The largest absolute Gasteiger partial charge is 0.456 e. The van der Waals surface area contributed by atoms with E-state index in [9.17, 15) is 4.79 Å². The van der Waals surface area contributed by atoms with E-state index in [0.717, 1.165) is 25.3 Å². The number of quaternary nitrogens is 1. The molecule has 0 heterocycles. The first kappa shape index (κ1) is 17.4. The number of rotatable bonds is 7. The molecule has 0 aliphatic rings. The van der Waals surface area contributed by atoms with Gasteiger partial charge in [-0.15, -0.1) is 0 Å². The summed E-state index contributed by atoms with van der Waals surface area (Å²) in [6, 6.07) is 7.06. The predicted molar refractivity (Wildman–Crippen MR) is 88.9 cm³/mol. The Morgan fingerprint density at radius 1 is 1.24 bits per heavy atom. The Hall–Kier alpha value is -1.66. The van der Waals surface area contributed by atoms with Crippen LogP contribution in [0, 0.1) is 0 Å². The predicted octanol–water partition coefficient (Wildman–Crippen LogP) is 0.684. The number of esters is 1. The molecule has 3 N–H and O–H groups in total.